The maximum atomic E-state index is 5.95. The lowest BCUT2D eigenvalue weighted by molar-refractivity contribution is -0.0925. The molecule has 2 aliphatic rings. The van der Waals surface area contributed by atoms with E-state index in [1.54, 1.807) is 0 Å². The van der Waals surface area contributed by atoms with Crippen molar-refractivity contribution in [3.05, 3.63) is 11.6 Å². The van der Waals surface area contributed by atoms with Gasteiger partial charge in [0.05, 0.1) is 12.2 Å². The lowest BCUT2D eigenvalue weighted by atomic mass is 9.81. The van der Waals surface area contributed by atoms with Crippen LogP contribution in [0.2, 0.25) is 0 Å². The van der Waals surface area contributed by atoms with Crippen LogP contribution in [0, 0.1) is 5.92 Å². The van der Waals surface area contributed by atoms with E-state index >= 15 is 0 Å². The van der Waals surface area contributed by atoms with E-state index in [4.69, 9.17) is 9.47 Å². The van der Waals surface area contributed by atoms with Gasteiger partial charge in [0.2, 0.25) is 0 Å². The van der Waals surface area contributed by atoms with Crippen molar-refractivity contribution in [1.82, 2.24) is 0 Å². The molecule has 2 atom stereocenters. The van der Waals surface area contributed by atoms with Crippen LogP contribution >= 0.6 is 15.9 Å². The average Bonchev–Trinajstić information content (AvgIpc) is 2.74. The third-order valence-electron chi connectivity index (χ3n) is 3.78. The van der Waals surface area contributed by atoms with Crippen LogP contribution < -0.4 is 0 Å². The van der Waals surface area contributed by atoms with Gasteiger partial charge in [-0.25, -0.2) is 0 Å². The zero-order valence-electron chi connectivity index (χ0n) is 10.0. The first-order valence-corrected chi connectivity index (χ1v) is 7.32. The molecule has 0 bridgehead atoms. The summed E-state index contributed by atoms with van der Waals surface area (Å²) < 4.78 is 11.4. The molecule has 2 fully saturated rings. The number of rotatable bonds is 3. The fourth-order valence-corrected chi connectivity index (χ4v) is 2.96. The summed E-state index contributed by atoms with van der Waals surface area (Å²) in [5.74, 6) is 0.703. The summed E-state index contributed by atoms with van der Waals surface area (Å²) in [6.07, 6.45) is 6.90. The molecule has 2 heterocycles. The van der Waals surface area contributed by atoms with E-state index in [0.717, 1.165) is 44.4 Å². The Bertz CT molecular complexity index is 257. The predicted octanol–water partition coefficient (Wildman–Crippen LogP) is 3.30. The number of ether oxygens (including phenoxy) is 2. The van der Waals surface area contributed by atoms with E-state index < -0.39 is 0 Å². The van der Waals surface area contributed by atoms with Gasteiger partial charge in [-0.05, 0) is 32.1 Å². The number of hydrogen-bond acceptors (Lipinski definition) is 2. The van der Waals surface area contributed by atoms with Crippen molar-refractivity contribution >= 4 is 15.9 Å². The van der Waals surface area contributed by atoms with E-state index in [1.807, 2.05) is 0 Å². The van der Waals surface area contributed by atoms with E-state index in [1.165, 1.54) is 12.0 Å². The summed E-state index contributed by atoms with van der Waals surface area (Å²) in [5.41, 5.74) is 1.58. The van der Waals surface area contributed by atoms with Crippen LogP contribution in [0.1, 0.15) is 32.6 Å². The van der Waals surface area contributed by atoms with Crippen molar-refractivity contribution in [3.63, 3.8) is 0 Å². The van der Waals surface area contributed by atoms with E-state index in [2.05, 4.69) is 28.9 Å². The highest BCUT2D eigenvalue weighted by Gasteiger charge is 2.41. The molecule has 0 aromatic carbocycles. The van der Waals surface area contributed by atoms with Gasteiger partial charge in [0.15, 0.2) is 0 Å². The summed E-state index contributed by atoms with van der Waals surface area (Å²) in [7, 11) is 0. The normalized spacial score (nSPS) is 35.9. The van der Waals surface area contributed by atoms with Crippen LogP contribution in [0.15, 0.2) is 11.6 Å². The SMILES string of the molecule is CC(=CCCBr)C1CCOC2(CCOC2)C1. The van der Waals surface area contributed by atoms with Crippen molar-refractivity contribution in [2.45, 2.75) is 38.2 Å². The van der Waals surface area contributed by atoms with E-state index in [9.17, 15) is 0 Å². The molecule has 0 aromatic rings. The van der Waals surface area contributed by atoms with Gasteiger partial charge >= 0.3 is 0 Å². The molecular formula is C13H21BrO2. The van der Waals surface area contributed by atoms with Crippen LogP contribution in [0.25, 0.3) is 0 Å². The van der Waals surface area contributed by atoms with Gasteiger partial charge in [0.1, 0.15) is 0 Å². The maximum absolute atomic E-state index is 5.95. The molecule has 0 radical (unpaired) electrons. The van der Waals surface area contributed by atoms with Crippen LogP contribution in [-0.4, -0.2) is 30.8 Å². The Labute approximate surface area is 107 Å². The fourth-order valence-electron chi connectivity index (χ4n) is 2.73. The van der Waals surface area contributed by atoms with Gasteiger partial charge in [-0.15, -0.1) is 0 Å². The summed E-state index contributed by atoms with van der Waals surface area (Å²) >= 11 is 3.47. The predicted molar refractivity (Wildman–Crippen MR) is 69.0 cm³/mol. The van der Waals surface area contributed by atoms with E-state index in [-0.39, 0.29) is 5.60 Å². The molecule has 1 spiro atoms. The first-order chi connectivity index (χ1) is 7.76. The van der Waals surface area contributed by atoms with Gasteiger partial charge in [-0.3, -0.25) is 0 Å². The monoisotopic (exact) mass is 288 g/mol. The average molecular weight is 289 g/mol. The Morgan fingerprint density at radius 1 is 1.50 bits per heavy atom. The molecular weight excluding hydrogens is 268 g/mol. The van der Waals surface area contributed by atoms with Crippen molar-refractivity contribution in [2.75, 3.05) is 25.2 Å². The van der Waals surface area contributed by atoms with Crippen molar-refractivity contribution < 1.29 is 9.47 Å². The number of alkyl halides is 1. The van der Waals surface area contributed by atoms with Crippen molar-refractivity contribution in [1.29, 1.82) is 0 Å². The Morgan fingerprint density at radius 3 is 3.06 bits per heavy atom. The minimum Gasteiger partial charge on any atom is -0.378 e. The first kappa shape index (κ1) is 12.6. The smallest absolute Gasteiger partial charge is 0.0942 e. The van der Waals surface area contributed by atoms with Gasteiger partial charge in [0.25, 0.3) is 0 Å². The number of halogens is 1. The summed E-state index contributed by atoms with van der Waals surface area (Å²) in [6.45, 7) is 4.84. The highest BCUT2D eigenvalue weighted by molar-refractivity contribution is 9.09. The zero-order chi connectivity index (χ0) is 11.4. The largest absolute Gasteiger partial charge is 0.378 e. The molecule has 0 aliphatic carbocycles. The highest BCUT2D eigenvalue weighted by atomic mass is 79.9. The van der Waals surface area contributed by atoms with Crippen LogP contribution in [0.5, 0.6) is 0 Å². The van der Waals surface area contributed by atoms with Crippen molar-refractivity contribution in [3.8, 4) is 0 Å². The maximum Gasteiger partial charge on any atom is 0.0942 e. The summed E-state index contributed by atoms with van der Waals surface area (Å²) in [6, 6.07) is 0. The minimum absolute atomic E-state index is 0.0480. The van der Waals surface area contributed by atoms with Gasteiger partial charge in [-0.2, -0.15) is 0 Å². The Morgan fingerprint density at radius 2 is 2.38 bits per heavy atom. The van der Waals surface area contributed by atoms with Gasteiger partial charge < -0.3 is 9.47 Å². The quantitative estimate of drug-likeness (QED) is 0.586. The van der Waals surface area contributed by atoms with Crippen molar-refractivity contribution in [2.24, 2.45) is 5.92 Å². The molecule has 2 saturated heterocycles. The van der Waals surface area contributed by atoms with Crippen LogP contribution in [0.3, 0.4) is 0 Å². The standard InChI is InChI=1S/C13H21BrO2/c1-11(3-2-6-14)12-4-7-16-13(9-12)5-8-15-10-13/h3,12H,2,4-10H2,1H3. The highest BCUT2D eigenvalue weighted by Crippen LogP contribution is 2.38. The molecule has 2 aliphatic heterocycles. The van der Waals surface area contributed by atoms with Gasteiger partial charge in [-0.1, -0.05) is 27.6 Å². The molecule has 16 heavy (non-hydrogen) atoms. The van der Waals surface area contributed by atoms with Crippen LogP contribution in [-0.2, 0) is 9.47 Å². The second kappa shape index (κ2) is 5.65. The Balaban J connectivity index is 1.95. The lowest BCUT2D eigenvalue weighted by Gasteiger charge is -2.37. The minimum atomic E-state index is 0.0480. The second-order valence-electron chi connectivity index (χ2n) is 4.95. The van der Waals surface area contributed by atoms with E-state index in [0.29, 0.717) is 5.92 Å². The fraction of sp³-hybridized carbons (Fsp3) is 0.846. The molecule has 2 unspecified atom stereocenters. The Kier molecular flexibility index (Phi) is 4.45. The number of allylic oxidation sites excluding steroid dienone is 2. The number of hydrogen-bond donors (Lipinski definition) is 0. The molecule has 2 rings (SSSR count). The summed E-state index contributed by atoms with van der Waals surface area (Å²) in [5, 5.41) is 1.06. The molecule has 92 valence electrons. The Hall–Kier alpha value is 0.140. The molecule has 3 heteroatoms. The molecule has 0 amide bonds. The third kappa shape index (κ3) is 2.88. The molecule has 0 saturated carbocycles. The second-order valence-corrected chi connectivity index (χ2v) is 5.74. The lowest BCUT2D eigenvalue weighted by Crippen LogP contribution is -2.40. The summed E-state index contributed by atoms with van der Waals surface area (Å²) in [4.78, 5) is 0. The topological polar surface area (TPSA) is 18.5 Å². The third-order valence-corrected chi connectivity index (χ3v) is 4.24. The molecule has 0 N–H and O–H groups in total. The van der Waals surface area contributed by atoms with Gasteiger partial charge in [0, 0.05) is 25.0 Å². The van der Waals surface area contributed by atoms with Crippen LogP contribution in [0.4, 0.5) is 0 Å². The zero-order valence-corrected chi connectivity index (χ0v) is 11.6. The first-order valence-electron chi connectivity index (χ1n) is 6.20. The molecule has 2 nitrogen and oxygen atoms in total. The molecule has 0 aromatic heterocycles.